The molecule has 17 heavy (non-hydrogen) atoms. The summed E-state index contributed by atoms with van der Waals surface area (Å²) in [4.78, 5) is 0. The highest BCUT2D eigenvalue weighted by Crippen LogP contribution is 2.38. The van der Waals surface area contributed by atoms with E-state index >= 15 is 0 Å². The van der Waals surface area contributed by atoms with Crippen LogP contribution < -0.4 is 5.32 Å². The van der Waals surface area contributed by atoms with E-state index in [1.165, 1.54) is 19.3 Å². The lowest BCUT2D eigenvalue weighted by atomic mass is 9.70. The van der Waals surface area contributed by atoms with E-state index in [2.05, 4.69) is 33.0 Å². The zero-order chi connectivity index (χ0) is 13.1. The molecule has 0 radical (unpaired) electrons. The molecule has 1 saturated carbocycles. The molecule has 2 nitrogen and oxygen atoms in total. The molecule has 0 amide bonds. The van der Waals surface area contributed by atoms with Gasteiger partial charge in [-0.25, -0.2) is 0 Å². The fraction of sp³-hybridized carbons (Fsp3) is 1.00. The van der Waals surface area contributed by atoms with Crippen LogP contribution in [0.25, 0.3) is 0 Å². The molecule has 0 aromatic heterocycles. The summed E-state index contributed by atoms with van der Waals surface area (Å²) in [5.74, 6) is 0.719. The first-order valence-corrected chi connectivity index (χ1v) is 7.21. The van der Waals surface area contributed by atoms with Crippen molar-refractivity contribution in [2.75, 3.05) is 6.54 Å². The van der Waals surface area contributed by atoms with Crippen LogP contribution in [-0.4, -0.2) is 23.3 Å². The van der Waals surface area contributed by atoms with Crippen molar-refractivity contribution in [1.29, 1.82) is 0 Å². The Morgan fingerprint density at radius 1 is 1.41 bits per heavy atom. The molecule has 1 rings (SSSR count). The Kier molecular flexibility index (Phi) is 5.03. The zero-order valence-electron chi connectivity index (χ0n) is 12.3. The topological polar surface area (TPSA) is 32.3 Å². The molecule has 0 aromatic carbocycles. The van der Waals surface area contributed by atoms with Gasteiger partial charge in [-0.1, -0.05) is 34.1 Å². The van der Waals surface area contributed by atoms with E-state index in [1.54, 1.807) is 0 Å². The molecule has 1 fully saturated rings. The second-order valence-corrected chi connectivity index (χ2v) is 7.12. The van der Waals surface area contributed by atoms with Crippen molar-refractivity contribution in [1.82, 2.24) is 5.32 Å². The number of aliphatic hydroxyl groups is 1. The van der Waals surface area contributed by atoms with Gasteiger partial charge in [0.15, 0.2) is 0 Å². The van der Waals surface area contributed by atoms with Crippen molar-refractivity contribution in [3.8, 4) is 0 Å². The van der Waals surface area contributed by atoms with Crippen molar-refractivity contribution in [3.05, 3.63) is 0 Å². The SMILES string of the molecule is CCCC(C)(O)CNC1CCC(C)(C)CC1C. The molecule has 1 aliphatic carbocycles. The van der Waals surface area contributed by atoms with Crippen LogP contribution in [0.3, 0.4) is 0 Å². The minimum Gasteiger partial charge on any atom is -0.389 e. The quantitative estimate of drug-likeness (QED) is 0.773. The van der Waals surface area contributed by atoms with Gasteiger partial charge in [0.2, 0.25) is 0 Å². The van der Waals surface area contributed by atoms with Gasteiger partial charge in [0, 0.05) is 12.6 Å². The van der Waals surface area contributed by atoms with E-state index in [9.17, 15) is 5.11 Å². The van der Waals surface area contributed by atoms with E-state index in [1.807, 2.05) is 6.92 Å². The molecule has 102 valence electrons. The molecule has 0 aliphatic heterocycles. The minimum absolute atomic E-state index is 0.504. The van der Waals surface area contributed by atoms with Gasteiger partial charge in [0.05, 0.1) is 5.60 Å². The van der Waals surface area contributed by atoms with Gasteiger partial charge in [-0.15, -0.1) is 0 Å². The summed E-state index contributed by atoms with van der Waals surface area (Å²) in [7, 11) is 0. The van der Waals surface area contributed by atoms with Crippen molar-refractivity contribution in [2.24, 2.45) is 11.3 Å². The summed E-state index contributed by atoms with van der Waals surface area (Å²) >= 11 is 0. The fourth-order valence-electron chi connectivity index (χ4n) is 3.23. The summed E-state index contributed by atoms with van der Waals surface area (Å²) in [6.07, 6.45) is 5.76. The van der Waals surface area contributed by atoms with Crippen LogP contribution in [0.5, 0.6) is 0 Å². The van der Waals surface area contributed by atoms with Gasteiger partial charge in [0.25, 0.3) is 0 Å². The van der Waals surface area contributed by atoms with Crippen LogP contribution in [-0.2, 0) is 0 Å². The van der Waals surface area contributed by atoms with Gasteiger partial charge in [-0.2, -0.15) is 0 Å². The van der Waals surface area contributed by atoms with Crippen molar-refractivity contribution >= 4 is 0 Å². The number of hydrogen-bond acceptors (Lipinski definition) is 2. The summed E-state index contributed by atoms with van der Waals surface area (Å²) < 4.78 is 0. The molecular weight excluding hydrogens is 210 g/mol. The molecule has 3 unspecified atom stereocenters. The second kappa shape index (κ2) is 5.71. The smallest absolute Gasteiger partial charge is 0.0743 e. The standard InChI is InChI=1S/C15H31NO/c1-6-8-15(5,17)11-16-13-7-9-14(3,4)10-12(13)2/h12-13,16-17H,6-11H2,1-5H3. The number of hydrogen-bond donors (Lipinski definition) is 2. The molecule has 0 bridgehead atoms. The summed E-state index contributed by atoms with van der Waals surface area (Å²) in [5.41, 5.74) is -0.0367. The van der Waals surface area contributed by atoms with E-state index < -0.39 is 5.60 Å². The van der Waals surface area contributed by atoms with Crippen LogP contribution in [0.1, 0.15) is 66.7 Å². The third-order valence-corrected chi connectivity index (χ3v) is 4.23. The first-order chi connectivity index (χ1) is 7.76. The number of nitrogens with one attached hydrogen (secondary N) is 1. The minimum atomic E-state index is -0.540. The Hall–Kier alpha value is -0.0800. The highest BCUT2D eigenvalue weighted by atomic mass is 16.3. The Balaban J connectivity index is 2.38. The van der Waals surface area contributed by atoms with E-state index in [0.29, 0.717) is 11.5 Å². The monoisotopic (exact) mass is 241 g/mol. The molecule has 2 N–H and O–H groups in total. The molecule has 0 spiro atoms. The highest BCUT2D eigenvalue weighted by molar-refractivity contribution is 4.88. The molecular formula is C15H31NO. The molecule has 2 heteroatoms. The first kappa shape index (κ1) is 15.0. The zero-order valence-corrected chi connectivity index (χ0v) is 12.3. The van der Waals surface area contributed by atoms with Gasteiger partial charge < -0.3 is 10.4 Å². The molecule has 0 saturated heterocycles. The normalized spacial score (nSPS) is 32.1. The van der Waals surface area contributed by atoms with E-state index in [0.717, 1.165) is 25.3 Å². The fourth-order valence-corrected chi connectivity index (χ4v) is 3.23. The second-order valence-electron chi connectivity index (χ2n) is 7.12. The van der Waals surface area contributed by atoms with Gasteiger partial charge in [-0.3, -0.25) is 0 Å². The maximum absolute atomic E-state index is 10.2. The summed E-state index contributed by atoms with van der Waals surface area (Å²) in [6, 6.07) is 0.589. The van der Waals surface area contributed by atoms with Crippen molar-refractivity contribution in [3.63, 3.8) is 0 Å². The third-order valence-electron chi connectivity index (χ3n) is 4.23. The predicted octanol–water partition coefficient (Wildman–Crippen LogP) is 3.34. The molecule has 1 aliphatic rings. The Morgan fingerprint density at radius 2 is 2.06 bits per heavy atom. The largest absolute Gasteiger partial charge is 0.389 e. The van der Waals surface area contributed by atoms with Crippen LogP contribution in [0.15, 0.2) is 0 Å². The Morgan fingerprint density at radius 3 is 2.59 bits per heavy atom. The maximum atomic E-state index is 10.2. The van der Waals surface area contributed by atoms with Crippen LogP contribution in [0.2, 0.25) is 0 Å². The van der Waals surface area contributed by atoms with Crippen LogP contribution in [0, 0.1) is 11.3 Å². The van der Waals surface area contributed by atoms with Crippen molar-refractivity contribution < 1.29 is 5.11 Å². The predicted molar refractivity (Wildman–Crippen MR) is 74.1 cm³/mol. The Labute approximate surface area is 107 Å². The van der Waals surface area contributed by atoms with Gasteiger partial charge in [0.1, 0.15) is 0 Å². The average Bonchev–Trinajstić information content (AvgIpc) is 2.14. The van der Waals surface area contributed by atoms with Gasteiger partial charge >= 0.3 is 0 Å². The average molecular weight is 241 g/mol. The first-order valence-electron chi connectivity index (χ1n) is 7.21. The lowest BCUT2D eigenvalue weighted by molar-refractivity contribution is 0.0390. The van der Waals surface area contributed by atoms with E-state index in [4.69, 9.17) is 0 Å². The molecule has 0 aromatic rings. The lowest BCUT2D eigenvalue weighted by Gasteiger charge is -2.40. The molecule has 3 atom stereocenters. The molecule has 0 heterocycles. The van der Waals surface area contributed by atoms with E-state index in [-0.39, 0.29) is 0 Å². The third kappa shape index (κ3) is 4.97. The lowest BCUT2D eigenvalue weighted by Crippen LogP contribution is -2.47. The maximum Gasteiger partial charge on any atom is 0.0743 e. The van der Waals surface area contributed by atoms with Crippen LogP contribution in [0.4, 0.5) is 0 Å². The van der Waals surface area contributed by atoms with Crippen LogP contribution >= 0.6 is 0 Å². The Bertz CT molecular complexity index is 235. The number of rotatable bonds is 5. The summed E-state index contributed by atoms with van der Waals surface area (Å²) in [5, 5.41) is 13.8. The van der Waals surface area contributed by atoms with Crippen molar-refractivity contribution in [2.45, 2.75) is 78.4 Å². The van der Waals surface area contributed by atoms with Gasteiger partial charge in [-0.05, 0) is 43.9 Å². The highest BCUT2D eigenvalue weighted by Gasteiger charge is 2.33. The summed E-state index contributed by atoms with van der Waals surface area (Å²) in [6.45, 7) is 11.9.